The number of hydrogen-bond donors (Lipinski definition) is 4. The van der Waals surface area contributed by atoms with Gasteiger partial charge in [0.05, 0.1) is 12.0 Å². The quantitative estimate of drug-likeness (QED) is 0.301. The van der Waals surface area contributed by atoms with Crippen molar-refractivity contribution in [3.63, 3.8) is 0 Å². The second-order valence-electron chi connectivity index (χ2n) is 8.63. The van der Waals surface area contributed by atoms with Crippen LogP contribution in [0.1, 0.15) is 32.0 Å². The normalized spacial score (nSPS) is 11.6. The topological polar surface area (TPSA) is 170 Å². The van der Waals surface area contributed by atoms with Gasteiger partial charge < -0.3 is 25.3 Å². The average Bonchev–Trinajstić information content (AvgIpc) is 3.22. The number of pyridine rings is 1. The van der Waals surface area contributed by atoms with Crippen LogP contribution >= 0.6 is 0 Å². The minimum absolute atomic E-state index is 0.153. The molecular formula is C23H25N5O6. The molecule has 1 aromatic carbocycles. The van der Waals surface area contributed by atoms with E-state index in [0.29, 0.717) is 16.9 Å². The maximum Gasteiger partial charge on any atom is 0.413 e. The van der Waals surface area contributed by atoms with Crippen LogP contribution in [0.4, 0.5) is 16.3 Å². The fourth-order valence-corrected chi connectivity index (χ4v) is 3.20. The van der Waals surface area contributed by atoms with Crippen LogP contribution in [0.2, 0.25) is 0 Å². The zero-order valence-electron chi connectivity index (χ0n) is 18.8. The number of imidazole rings is 1. The lowest BCUT2D eigenvalue weighted by Gasteiger charge is -2.23. The van der Waals surface area contributed by atoms with Crippen LogP contribution in [0.15, 0.2) is 55.1 Å². The van der Waals surface area contributed by atoms with Crippen molar-refractivity contribution in [3.05, 3.63) is 66.4 Å². The summed E-state index contributed by atoms with van der Waals surface area (Å²) in [7, 11) is 0. The van der Waals surface area contributed by atoms with Crippen LogP contribution in [-0.2, 0) is 26.2 Å². The van der Waals surface area contributed by atoms with Gasteiger partial charge in [-0.3, -0.25) is 14.9 Å². The number of anilines is 2. The molecule has 3 rings (SSSR count). The third-order valence-corrected chi connectivity index (χ3v) is 4.86. The van der Waals surface area contributed by atoms with E-state index in [1.807, 2.05) is 0 Å². The van der Waals surface area contributed by atoms with Gasteiger partial charge in [0, 0.05) is 30.2 Å². The Balaban J connectivity index is 1.88. The highest BCUT2D eigenvalue weighted by molar-refractivity contribution is 6.04. The van der Waals surface area contributed by atoms with Gasteiger partial charge in [0.1, 0.15) is 11.4 Å². The van der Waals surface area contributed by atoms with E-state index < -0.39 is 35.5 Å². The molecule has 5 N–H and O–H groups in total. The molecule has 0 aliphatic carbocycles. The van der Waals surface area contributed by atoms with E-state index >= 15 is 0 Å². The Morgan fingerprint density at radius 2 is 1.68 bits per heavy atom. The summed E-state index contributed by atoms with van der Waals surface area (Å²) in [5.74, 6) is -2.97. The molecule has 3 aromatic rings. The SMILES string of the molecule is CC(C)(C)OC(=O)Nc1ccc(CC(C(=O)O)(C(=O)O)c2cn(-c3ccc(N)cc3)cn2)cn1. The Morgan fingerprint density at radius 3 is 2.21 bits per heavy atom. The second kappa shape index (κ2) is 9.22. The first-order valence-electron chi connectivity index (χ1n) is 10.2. The van der Waals surface area contributed by atoms with Gasteiger partial charge in [-0.1, -0.05) is 6.07 Å². The zero-order chi connectivity index (χ0) is 25.1. The predicted molar refractivity (Wildman–Crippen MR) is 123 cm³/mol. The number of nitrogen functional groups attached to an aromatic ring is 1. The van der Waals surface area contributed by atoms with E-state index in [0.717, 1.165) is 0 Å². The minimum Gasteiger partial charge on any atom is -0.480 e. The van der Waals surface area contributed by atoms with E-state index in [2.05, 4.69) is 15.3 Å². The molecule has 0 bridgehead atoms. The fourth-order valence-electron chi connectivity index (χ4n) is 3.20. The summed E-state index contributed by atoms with van der Waals surface area (Å²) < 4.78 is 6.67. The highest BCUT2D eigenvalue weighted by Crippen LogP contribution is 2.30. The molecule has 0 atom stereocenters. The number of ether oxygens (including phenoxy) is 1. The Morgan fingerprint density at radius 1 is 1.03 bits per heavy atom. The number of benzene rings is 1. The van der Waals surface area contributed by atoms with Crippen molar-refractivity contribution in [3.8, 4) is 5.69 Å². The van der Waals surface area contributed by atoms with Crippen molar-refractivity contribution >= 4 is 29.5 Å². The Bertz CT molecular complexity index is 1180. The highest BCUT2D eigenvalue weighted by Gasteiger charge is 2.50. The van der Waals surface area contributed by atoms with E-state index in [1.165, 1.54) is 35.4 Å². The predicted octanol–water partition coefficient (Wildman–Crippen LogP) is 2.85. The number of nitrogens with two attached hydrogens (primary N) is 1. The summed E-state index contributed by atoms with van der Waals surface area (Å²) in [6, 6.07) is 9.64. The molecule has 1 amide bonds. The van der Waals surface area contributed by atoms with Gasteiger partial charge in [-0.25, -0.2) is 14.8 Å². The molecule has 0 fully saturated rings. The van der Waals surface area contributed by atoms with Crippen molar-refractivity contribution in [1.29, 1.82) is 0 Å². The van der Waals surface area contributed by atoms with Gasteiger partial charge in [0.15, 0.2) is 0 Å². The van der Waals surface area contributed by atoms with E-state index in [1.54, 1.807) is 45.0 Å². The molecule has 34 heavy (non-hydrogen) atoms. The van der Waals surface area contributed by atoms with Crippen molar-refractivity contribution in [2.75, 3.05) is 11.1 Å². The third kappa shape index (κ3) is 5.31. The van der Waals surface area contributed by atoms with Crippen LogP contribution < -0.4 is 11.1 Å². The Hall–Kier alpha value is -4.41. The van der Waals surface area contributed by atoms with Crippen LogP contribution in [0.5, 0.6) is 0 Å². The Kier molecular flexibility index (Phi) is 6.57. The lowest BCUT2D eigenvalue weighted by molar-refractivity contribution is -0.157. The number of rotatable bonds is 7. The summed E-state index contributed by atoms with van der Waals surface area (Å²) >= 11 is 0. The number of nitrogens with zero attached hydrogens (tertiary/aromatic N) is 3. The van der Waals surface area contributed by atoms with Gasteiger partial charge in [-0.15, -0.1) is 0 Å². The molecule has 2 aromatic heterocycles. The van der Waals surface area contributed by atoms with Gasteiger partial charge >= 0.3 is 18.0 Å². The molecule has 11 nitrogen and oxygen atoms in total. The number of aliphatic carboxylic acids is 2. The lowest BCUT2D eigenvalue weighted by Crippen LogP contribution is -2.46. The highest BCUT2D eigenvalue weighted by atomic mass is 16.6. The number of carbonyl (C=O) groups is 3. The fraction of sp³-hybridized carbons (Fsp3) is 0.261. The maximum atomic E-state index is 12.3. The van der Waals surface area contributed by atoms with Crippen molar-refractivity contribution in [2.45, 2.75) is 38.2 Å². The number of aromatic nitrogens is 3. The van der Waals surface area contributed by atoms with Crippen LogP contribution in [0.3, 0.4) is 0 Å². The molecule has 0 saturated heterocycles. The summed E-state index contributed by atoms with van der Waals surface area (Å²) in [6.07, 6.45) is 2.87. The van der Waals surface area contributed by atoms with Crippen LogP contribution in [0.25, 0.3) is 5.69 Å². The maximum absolute atomic E-state index is 12.3. The second-order valence-corrected chi connectivity index (χ2v) is 8.63. The molecule has 2 heterocycles. The van der Waals surface area contributed by atoms with Crippen LogP contribution in [-0.4, -0.2) is 48.4 Å². The molecule has 0 aliphatic rings. The first-order chi connectivity index (χ1) is 15.9. The standard InChI is InChI=1S/C23H25N5O6/c1-22(2,3)34-21(33)27-18-9-4-14(11-25-18)10-23(19(29)30,20(31)32)17-12-28(13-26-17)16-7-5-15(24)6-8-16/h4-9,11-13H,10,24H2,1-3H3,(H,29,30)(H,31,32)(H,25,27,33). The molecule has 178 valence electrons. The Labute approximate surface area is 195 Å². The van der Waals surface area contributed by atoms with Crippen molar-refractivity contribution < 1.29 is 29.3 Å². The molecule has 0 unspecified atom stereocenters. The summed E-state index contributed by atoms with van der Waals surface area (Å²) in [6.45, 7) is 5.15. The van der Waals surface area contributed by atoms with E-state index in [4.69, 9.17) is 10.5 Å². The zero-order valence-corrected chi connectivity index (χ0v) is 18.8. The monoisotopic (exact) mass is 467 g/mol. The number of hydrogen-bond acceptors (Lipinski definition) is 7. The van der Waals surface area contributed by atoms with Crippen LogP contribution in [0, 0.1) is 0 Å². The summed E-state index contributed by atoms with van der Waals surface area (Å²) in [4.78, 5) is 44.6. The molecule has 0 spiro atoms. The number of carboxylic acids is 2. The van der Waals surface area contributed by atoms with Gasteiger partial charge in [0.25, 0.3) is 0 Å². The smallest absolute Gasteiger partial charge is 0.413 e. The van der Waals surface area contributed by atoms with Gasteiger partial charge in [0.2, 0.25) is 5.41 Å². The molecule has 0 saturated carbocycles. The minimum atomic E-state index is -2.36. The molecule has 0 aliphatic heterocycles. The number of nitrogens with one attached hydrogen (secondary N) is 1. The first-order valence-corrected chi connectivity index (χ1v) is 10.2. The molecule has 0 radical (unpaired) electrons. The molecular weight excluding hydrogens is 442 g/mol. The molecule has 11 heteroatoms. The van der Waals surface area contributed by atoms with Crippen molar-refractivity contribution in [2.24, 2.45) is 0 Å². The number of carbonyl (C=O) groups excluding carboxylic acids is 1. The third-order valence-electron chi connectivity index (χ3n) is 4.86. The first kappa shape index (κ1) is 24.2. The van der Waals surface area contributed by atoms with E-state index in [-0.39, 0.29) is 11.5 Å². The number of carboxylic acid groups (broad SMARTS) is 2. The average molecular weight is 467 g/mol. The van der Waals surface area contributed by atoms with Crippen molar-refractivity contribution in [1.82, 2.24) is 14.5 Å². The van der Waals surface area contributed by atoms with Gasteiger partial charge in [-0.2, -0.15) is 0 Å². The largest absolute Gasteiger partial charge is 0.480 e. The van der Waals surface area contributed by atoms with Gasteiger partial charge in [-0.05, 0) is 56.7 Å². The van der Waals surface area contributed by atoms with E-state index in [9.17, 15) is 24.6 Å². The number of amides is 1. The lowest BCUT2D eigenvalue weighted by atomic mass is 9.79. The summed E-state index contributed by atoms with van der Waals surface area (Å²) in [5, 5.41) is 22.4. The summed E-state index contributed by atoms with van der Waals surface area (Å²) in [5.41, 5.74) is 3.99.